The summed E-state index contributed by atoms with van der Waals surface area (Å²) in [6.07, 6.45) is 2.98. The molecule has 34 heavy (non-hydrogen) atoms. The van der Waals surface area contributed by atoms with Gasteiger partial charge >= 0.3 is 0 Å². The van der Waals surface area contributed by atoms with Gasteiger partial charge in [0.05, 0.1) is 17.1 Å². The Kier molecular flexibility index (Phi) is 6.37. The van der Waals surface area contributed by atoms with Crippen LogP contribution < -0.4 is 5.32 Å². The molecule has 0 aliphatic heterocycles. The lowest BCUT2D eigenvalue weighted by atomic mass is 10.2. The lowest BCUT2D eigenvalue weighted by Crippen LogP contribution is -2.16. The second kappa shape index (κ2) is 9.90. The average Bonchev–Trinajstić information content (AvgIpc) is 3.54. The predicted molar refractivity (Wildman–Crippen MR) is 133 cm³/mol. The van der Waals surface area contributed by atoms with Gasteiger partial charge in [-0.25, -0.2) is 9.67 Å². The molecular formula is C24H18ClN7OS. The lowest BCUT2D eigenvalue weighted by molar-refractivity contribution is -0.113. The summed E-state index contributed by atoms with van der Waals surface area (Å²) in [5.74, 6) is 0.624. The van der Waals surface area contributed by atoms with E-state index < -0.39 is 0 Å². The van der Waals surface area contributed by atoms with Crippen molar-refractivity contribution in [3.05, 3.63) is 96.5 Å². The zero-order chi connectivity index (χ0) is 23.3. The molecular weight excluding hydrogens is 470 g/mol. The van der Waals surface area contributed by atoms with Crippen molar-refractivity contribution in [3.63, 3.8) is 0 Å². The highest BCUT2D eigenvalue weighted by atomic mass is 35.5. The van der Waals surface area contributed by atoms with Crippen molar-refractivity contribution in [2.75, 3.05) is 11.1 Å². The Balaban J connectivity index is 1.39. The van der Waals surface area contributed by atoms with E-state index in [0.29, 0.717) is 27.4 Å². The molecule has 8 nitrogen and oxygen atoms in total. The van der Waals surface area contributed by atoms with Gasteiger partial charge in [0, 0.05) is 16.3 Å². The summed E-state index contributed by atoms with van der Waals surface area (Å²) >= 11 is 7.46. The van der Waals surface area contributed by atoms with Crippen LogP contribution in [-0.2, 0) is 4.79 Å². The van der Waals surface area contributed by atoms with Gasteiger partial charge in [0.2, 0.25) is 5.91 Å². The number of benzene rings is 3. The summed E-state index contributed by atoms with van der Waals surface area (Å²) in [6.45, 7) is 0. The molecule has 0 aliphatic rings. The number of anilines is 1. The van der Waals surface area contributed by atoms with E-state index in [4.69, 9.17) is 11.6 Å². The third-order valence-corrected chi connectivity index (χ3v) is 6.07. The van der Waals surface area contributed by atoms with Crippen LogP contribution in [0.5, 0.6) is 0 Å². The largest absolute Gasteiger partial charge is 0.323 e. The molecule has 0 atom stereocenters. The van der Waals surface area contributed by atoms with Crippen LogP contribution in [0.2, 0.25) is 5.02 Å². The first kappa shape index (κ1) is 21.9. The summed E-state index contributed by atoms with van der Waals surface area (Å²) < 4.78 is 3.52. The molecule has 3 aromatic carbocycles. The van der Waals surface area contributed by atoms with E-state index >= 15 is 0 Å². The van der Waals surface area contributed by atoms with Crippen molar-refractivity contribution < 1.29 is 4.79 Å². The molecule has 2 heterocycles. The van der Waals surface area contributed by atoms with Crippen LogP contribution in [0, 0.1) is 0 Å². The van der Waals surface area contributed by atoms with Crippen molar-refractivity contribution in [3.8, 4) is 22.8 Å². The summed E-state index contributed by atoms with van der Waals surface area (Å²) in [5.41, 5.74) is 3.06. The van der Waals surface area contributed by atoms with Crippen LogP contribution in [0.3, 0.4) is 0 Å². The molecule has 10 heteroatoms. The minimum Gasteiger partial charge on any atom is -0.323 e. The van der Waals surface area contributed by atoms with Gasteiger partial charge in [-0.3, -0.25) is 9.36 Å². The van der Waals surface area contributed by atoms with E-state index in [0.717, 1.165) is 11.3 Å². The Morgan fingerprint density at radius 1 is 0.971 bits per heavy atom. The summed E-state index contributed by atoms with van der Waals surface area (Å²) in [6, 6.07) is 24.8. The van der Waals surface area contributed by atoms with Crippen molar-refractivity contribution in [2.45, 2.75) is 5.16 Å². The molecule has 0 saturated carbocycles. The van der Waals surface area contributed by atoms with Crippen LogP contribution in [0.15, 0.2) is 96.7 Å². The van der Waals surface area contributed by atoms with Gasteiger partial charge in [-0.15, -0.1) is 10.2 Å². The second-order valence-electron chi connectivity index (χ2n) is 7.18. The Labute approximate surface area is 204 Å². The highest BCUT2D eigenvalue weighted by Gasteiger charge is 2.18. The molecule has 2 aromatic heterocycles. The minimum atomic E-state index is -0.211. The standard InChI is InChI=1S/C24H18ClN7OS/c25-18-11-12-21(31-16-26-15-27-31)20(13-18)28-22(33)14-34-24-30-29-23(17-7-3-1-4-8-17)32(24)19-9-5-2-6-10-19/h1-13,15-16H,14H2,(H,28,33). The number of amides is 1. The second-order valence-corrected chi connectivity index (χ2v) is 8.56. The molecule has 0 bridgehead atoms. The maximum atomic E-state index is 12.9. The van der Waals surface area contributed by atoms with E-state index in [9.17, 15) is 4.79 Å². The van der Waals surface area contributed by atoms with Gasteiger partial charge in [0.25, 0.3) is 0 Å². The monoisotopic (exact) mass is 487 g/mol. The van der Waals surface area contributed by atoms with Crippen LogP contribution in [0.1, 0.15) is 0 Å². The number of rotatable bonds is 7. The number of para-hydroxylation sites is 1. The van der Waals surface area contributed by atoms with E-state index in [1.807, 2.05) is 65.2 Å². The number of thioether (sulfide) groups is 1. The van der Waals surface area contributed by atoms with Crippen molar-refractivity contribution in [2.24, 2.45) is 0 Å². The number of halogens is 1. The zero-order valence-electron chi connectivity index (χ0n) is 17.7. The van der Waals surface area contributed by atoms with Gasteiger partial charge in [-0.2, -0.15) is 5.10 Å². The van der Waals surface area contributed by atoms with Crippen LogP contribution in [0.25, 0.3) is 22.8 Å². The fraction of sp³-hybridized carbons (Fsp3) is 0.0417. The third kappa shape index (κ3) is 4.70. The average molecular weight is 488 g/mol. The number of nitrogens with one attached hydrogen (secondary N) is 1. The Morgan fingerprint density at radius 3 is 2.47 bits per heavy atom. The van der Waals surface area contributed by atoms with E-state index in [1.54, 1.807) is 29.2 Å². The van der Waals surface area contributed by atoms with Gasteiger partial charge < -0.3 is 5.32 Å². The van der Waals surface area contributed by atoms with Gasteiger partial charge in [0.15, 0.2) is 11.0 Å². The fourth-order valence-electron chi connectivity index (χ4n) is 3.40. The van der Waals surface area contributed by atoms with E-state index in [-0.39, 0.29) is 11.7 Å². The zero-order valence-corrected chi connectivity index (χ0v) is 19.3. The minimum absolute atomic E-state index is 0.128. The van der Waals surface area contributed by atoms with E-state index in [1.165, 1.54) is 18.1 Å². The first-order chi connectivity index (χ1) is 16.7. The van der Waals surface area contributed by atoms with Gasteiger partial charge in [-0.1, -0.05) is 71.9 Å². The summed E-state index contributed by atoms with van der Waals surface area (Å²) in [4.78, 5) is 16.8. The normalized spacial score (nSPS) is 10.9. The van der Waals surface area contributed by atoms with Gasteiger partial charge in [0.1, 0.15) is 12.7 Å². The van der Waals surface area contributed by atoms with Gasteiger partial charge in [-0.05, 0) is 30.3 Å². The Bertz CT molecular complexity index is 1410. The summed E-state index contributed by atoms with van der Waals surface area (Å²) in [5, 5.41) is 17.0. The van der Waals surface area contributed by atoms with Crippen molar-refractivity contribution >= 4 is 35.0 Å². The Morgan fingerprint density at radius 2 is 1.74 bits per heavy atom. The van der Waals surface area contributed by atoms with E-state index in [2.05, 4.69) is 25.6 Å². The van der Waals surface area contributed by atoms with Crippen molar-refractivity contribution in [1.82, 2.24) is 29.5 Å². The molecule has 1 N–H and O–H groups in total. The number of carbonyl (C=O) groups excluding carboxylic acids is 1. The molecule has 5 aromatic rings. The van der Waals surface area contributed by atoms with Crippen molar-refractivity contribution in [1.29, 1.82) is 0 Å². The molecule has 0 aliphatic carbocycles. The molecule has 0 unspecified atom stereocenters. The molecule has 5 rings (SSSR count). The smallest absolute Gasteiger partial charge is 0.234 e. The van der Waals surface area contributed by atoms with Crippen LogP contribution in [-0.4, -0.2) is 41.2 Å². The number of aromatic nitrogens is 6. The number of hydrogen-bond donors (Lipinski definition) is 1. The molecule has 1 amide bonds. The highest BCUT2D eigenvalue weighted by Crippen LogP contribution is 2.29. The maximum absolute atomic E-state index is 12.9. The highest BCUT2D eigenvalue weighted by molar-refractivity contribution is 7.99. The molecule has 0 fully saturated rings. The number of carbonyl (C=O) groups is 1. The topological polar surface area (TPSA) is 90.5 Å². The summed E-state index contributed by atoms with van der Waals surface area (Å²) in [7, 11) is 0. The first-order valence-electron chi connectivity index (χ1n) is 10.3. The first-order valence-corrected chi connectivity index (χ1v) is 11.7. The van der Waals surface area contributed by atoms with Crippen LogP contribution >= 0.6 is 23.4 Å². The molecule has 0 radical (unpaired) electrons. The predicted octanol–water partition coefficient (Wildman–Crippen LogP) is 4.90. The quantitative estimate of drug-likeness (QED) is 0.328. The molecule has 168 valence electrons. The number of hydrogen-bond acceptors (Lipinski definition) is 6. The SMILES string of the molecule is O=C(CSc1nnc(-c2ccccc2)n1-c1ccccc1)Nc1cc(Cl)ccc1-n1cncn1. The number of nitrogens with zero attached hydrogens (tertiary/aromatic N) is 6. The van der Waals surface area contributed by atoms with Crippen LogP contribution in [0.4, 0.5) is 5.69 Å². The molecule has 0 spiro atoms. The maximum Gasteiger partial charge on any atom is 0.234 e. The lowest BCUT2D eigenvalue weighted by Gasteiger charge is -2.12. The fourth-order valence-corrected chi connectivity index (χ4v) is 4.33. The molecule has 0 saturated heterocycles. The Hall–Kier alpha value is -3.95. The third-order valence-electron chi connectivity index (χ3n) is 4.91.